The highest BCUT2D eigenvalue weighted by atomic mass is 16.5. The second kappa shape index (κ2) is 5.65. The minimum absolute atomic E-state index is 0.0358. The molecule has 0 amide bonds. The summed E-state index contributed by atoms with van der Waals surface area (Å²) in [6.45, 7) is 9.26. The molecule has 4 nitrogen and oxygen atoms in total. The Balaban J connectivity index is 2.92. The molecule has 1 rings (SSSR count). The number of rotatable bonds is 6. The van der Waals surface area contributed by atoms with Crippen molar-refractivity contribution >= 4 is 0 Å². The second-order valence-corrected chi connectivity index (χ2v) is 5.67. The zero-order valence-corrected chi connectivity index (χ0v) is 11.6. The van der Waals surface area contributed by atoms with Crippen LogP contribution in [0, 0.1) is 5.92 Å². The Hall–Kier alpha value is -0.870. The molecule has 0 saturated heterocycles. The maximum Gasteiger partial charge on any atom is 0.0954 e. The standard InChI is InChI=1S/C13H25N3O/c1-10(2)6-11(14)12-7-15-9-16(12)13(3,4)8-17-5/h7,9-11H,6,8,14H2,1-5H3. The van der Waals surface area contributed by atoms with Gasteiger partial charge in [0.25, 0.3) is 0 Å². The van der Waals surface area contributed by atoms with Gasteiger partial charge in [-0.1, -0.05) is 13.8 Å². The number of ether oxygens (including phenoxy) is 1. The normalized spacial score (nSPS) is 14.3. The van der Waals surface area contributed by atoms with E-state index in [1.165, 1.54) is 0 Å². The van der Waals surface area contributed by atoms with Crippen molar-refractivity contribution < 1.29 is 4.74 Å². The van der Waals surface area contributed by atoms with Gasteiger partial charge in [-0.15, -0.1) is 0 Å². The molecule has 2 N–H and O–H groups in total. The Morgan fingerprint density at radius 2 is 2.12 bits per heavy atom. The molecule has 0 fully saturated rings. The van der Waals surface area contributed by atoms with Crippen LogP contribution in [0.2, 0.25) is 0 Å². The van der Waals surface area contributed by atoms with Crippen LogP contribution in [-0.2, 0) is 10.3 Å². The van der Waals surface area contributed by atoms with Gasteiger partial charge < -0.3 is 15.0 Å². The van der Waals surface area contributed by atoms with Crippen LogP contribution in [0.5, 0.6) is 0 Å². The summed E-state index contributed by atoms with van der Waals surface area (Å²) in [6, 6.07) is 0.0358. The summed E-state index contributed by atoms with van der Waals surface area (Å²) >= 11 is 0. The van der Waals surface area contributed by atoms with Gasteiger partial charge in [0.1, 0.15) is 0 Å². The van der Waals surface area contributed by atoms with Crippen molar-refractivity contribution in [2.24, 2.45) is 11.7 Å². The number of imidazole rings is 1. The van der Waals surface area contributed by atoms with Crippen molar-refractivity contribution in [3.63, 3.8) is 0 Å². The van der Waals surface area contributed by atoms with E-state index in [1.807, 2.05) is 12.5 Å². The molecule has 17 heavy (non-hydrogen) atoms. The Bertz CT molecular complexity index is 344. The number of methoxy groups -OCH3 is 1. The van der Waals surface area contributed by atoms with Crippen LogP contribution in [0.15, 0.2) is 12.5 Å². The van der Waals surface area contributed by atoms with Crippen molar-refractivity contribution in [1.29, 1.82) is 0 Å². The molecular weight excluding hydrogens is 214 g/mol. The molecule has 0 radical (unpaired) electrons. The van der Waals surface area contributed by atoms with Gasteiger partial charge in [0, 0.05) is 19.3 Å². The molecule has 1 unspecified atom stereocenters. The molecule has 0 aromatic carbocycles. The summed E-state index contributed by atoms with van der Waals surface area (Å²) < 4.78 is 7.39. The lowest BCUT2D eigenvalue weighted by Gasteiger charge is -2.29. The number of aromatic nitrogens is 2. The molecule has 0 spiro atoms. The van der Waals surface area contributed by atoms with Crippen LogP contribution < -0.4 is 5.73 Å². The SMILES string of the molecule is COCC(C)(C)n1cncc1C(N)CC(C)C. The fourth-order valence-electron chi connectivity index (χ4n) is 2.14. The minimum atomic E-state index is -0.116. The third-order valence-corrected chi connectivity index (χ3v) is 2.92. The zero-order valence-electron chi connectivity index (χ0n) is 11.6. The average Bonchev–Trinajstić information content (AvgIpc) is 2.64. The molecule has 0 aliphatic carbocycles. The van der Waals surface area contributed by atoms with E-state index < -0.39 is 0 Å². The van der Waals surface area contributed by atoms with Crippen LogP contribution in [-0.4, -0.2) is 23.3 Å². The van der Waals surface area contributed by atoms with Crippen LogP contribution in [0.25, 0.3) is 0 Å². The fraction of sp³-hybridized carbons (Fsp3) is 0.769. The van der Waals surface area contributed by atoms with E-state index in [-0.39, 0.29) is 11.6 Å². The first kappa shape index (κ1) is 14.2. The predicted octanol–water partition coefficient (Wildman–Crippen LogP) is 2.31. The Morgan fingerprint density at radius 1 is 1.47 bits per heavy atom. The summed E-state index contributed by atoms with van der Waals surface area (Å²) in [5.41, 5.74) is 7.20. The summed E-state index contributed by atoms with van der Waals surface area (Å²) in [5.74, 6) is 0.582. The third-order valence-electron chi connectivity index (χ3n) is 2.92. The molecule has 1 atom stereocenters. The van der Waals surface area contributed by atoms with Crippen molar-refractivity contribution in [2.45, 2.75) is 45.7 Å². The molecule has 0 saturated carbocycles. The Kier molecular flexibility index (Phi) is 4.71. The van der Waals surface area contributed by atoms with Gasteiger partial charge in [-0.05, 0) is 26.2 Å². The summed E-state index contributed by atoms with van der Waals surface area (Å²) in [7, 11) is 1.71. The molecule has 98 valence electrons. The first-order valence-electron chi connectivity index (χ1n) is 6.15. The summed E-state index contributed by atoms with van der Waals surface area (Å²) in [4.78, 5) is 4.23. The van der Waals surface area contributed by atoms with E-state index in [9.17, 15) is 0 Å². The highest BCUT2D eigenvalue weighted by molar-refractivity contribution is 5.08. The zero-order chi connectivity index (χ0) is 13.1. The van der Waals surface area contributed by atoms with Crippen LogP contribution in [0.3, 0.4) is 0 Å². The lowest BCUT2D eigenvalue weighted by Crippen LogP contribution is -2.34. The Labute approximate surface area is 104 Å². The second-order valence-electron chi connectivity index (χ2n) is 5.67. The summed E-state index contributed by atoms with van der Waals surface area (Å²) in [6.07, 6.45) is 4.67. The van der Waals surface area contributed by atoms with Gasteiger partial charge in [-0.25, -0.2) is 4.98 Å². The fourth-order valence-corrected chi connectivity index (χ4v) is 2.14. The van der Waals surface area contributed by atoms with E-state index in [0.29, 0.717) is 12.5 Å². The lowest BCUT2D eigenvalue weighted by atomic mass is 10.00. The van der Waals surface area contributed by atoms with Gasteiger partial charge in [0.05, 0.1) is 24.2 Å². The van der Waals surface area contributed by atoms with E-state index in [0.717, 1.165) is 12.1 Å². The molecular formula is C13H25N3O. The van der Waals surface area contributed by atoms with Crippen molar-refractivity contribution in [1.82, 2.24) is 9.55 Å². The van der Waals surface area contributed by atoms with Crippen molar-refractivity contribution in [2.75, 3.05) is 13.7 Å². The number of nitrogens with zero attached hydrogens (tertiary/aromatic N) is 2. The molecule has 0 bridgehead atoms. The average molecular weight is 239 g/mol. The molecule has 0 aliphatic heterocycles. The van der Waals surface area contributed by atoms with Gasteiger partial charge in [0.2, 0.25) is 0 Å². The highest BCUT2D eigenvalue weighted by Gasteiger charge is 2.25. The van der Waals surface area contributed by atoms with Gasteiger partial charge >= 0.3 is 0 Å². The first-order chi connectivity index (χ1) is 7.88. The molecule has 4 heteroatoms. The van der Waals surface area contributed by atoms with Crippen LogP contribution in [0.1, 0.15) is 45.9 Å². The summed E-state index contributed by atoms with van der Waals surface area (Å²) in [5, 5.41) is 0. The molecule has 0 aliphatic rings. The van der Waals surface area contributed by atoms with Crippen molar-refractivity contribution in [3.05, 3.63) is 18.2 Å². The van der Waals surface area contributed by atoms with E-state index in [2.05, 4.69) is 37.2 Å². The largest absolute Gasteiger partial charge is 0.382 e. The number of nitrogens with two attached hydrogens (primary N) is 1. The molecule has 1 aromatic heterocycles. The molecule has 1 heterocycles. The predicted molar refractivity (Wildman–Crippen MR) is 69.8 cm³/mol. The smallest absolute Gasteiger partial charge is 0.0954 e. The topological polar surface area (TPSA) is 53.1 Å². The van der Waals surface area contributed by atoms with Gasteiger partial charge in [-0.2, -0.15) is 0 Å². The van der Waals surface area contributed by atoms with E-state index >= 15 is 0 Å². The van der Waals surface area contributed by atoms with Crippen LogP contribution >= 0.6 is 0 Å². The monoisotopic (exact) mass is 239 g/mol. The van der Waals surface area contributed by atoms with Crippen molar-refractivity contribution in [3.8, 4) is 0 Å². The highest BCUT2D eigenvalue weighted by Crippen LogP contribution is 2.24. The number of hydrogen-bond donors (Lipinski definition) is 1. The van der Waals surface area contributed by atoms with E-state index in [1.54, 1.807) is 7.11 Å². The Morgan fingerprint density at radius 3 is 2.65 bits per heavy atom. The third kappa shape index (κ3) is 3.54. The quantitative estimate of drug-likeness (QED) is 0.828. The maximum atomic E-state index is 6.23. The number of hydrogen-bond acceptors (Lipinski definition) is 3. The van der Waals surface area contributed by atoms with E-state index in [4.69, 9.17) is 10.5 Å². The van der Waals surface area contributed by atoms with Crippen LogP contribution in [0.4, 0.5) is 0 Å². The lowest BCUT2D eigenvalue weighted by molar-refractivity contribution is 0.107. The van der Waals surface area contributed by atoms with Gasteiger partial charge in [-0.3, -0.25) is 0 Å². The molecule has 1 aromatic rings. The first-order valence-corrected chi connectivity index (χ1v) is 6.15. The maximum absolute atomic E-state index is 6.23. The van der Waals surface area contributed by atoms with Gasteiger partial charge in [0.15, 0.2) is 0 Å². The minimum Gasteiger partial charge on any atom is -0.382 e.